The number of hydrogen-bond acceptors (Lipinski definition) is 5. The van der Waals surface area contributed by atoms with E-state index in [1.54, 1.807) is 24.4 Å². The molecule has 3 heterocycles. The summed E-state index contributed by atoms with van der Waals surface area (Å²) in [7, 11) is 0. The molecular formula is C22H21N3O4. The quantitative estimate of drug-likeness (QED) is 0.692. The molecule has 0 saturated carbocycles. The molecule has 0 spiro atoms. The third-order valence-electron chi connectivity index (χ3n) is 5.54. The molecule has 3 aromatic rings. The third-order valence-corrected chi connectivity index (χ3v) is 5.54. The molecule has 1 saturated heterocycles. The number of H-pyrrole nitrogens is 1. The monoisotopic (exact) mass is 391 g/mol. The minimum absolute atomic E-state index is 0.0223. The molecule has 2 aliphatic heterocycles. The second kappa shape index (κ2) is 7.25. The zero-order valence-electron chi connectivity index (χ0n) is 15.9. The van der Waals surface area contributed by atoms with Crippen molar-refractivity contribution in [1.82, 2.24) is 14.8 Å². The first-order chi connectivity index (χ1) is 14.2. The van der Waals surface area contributed by atoms with Gasteiger partial charge in [0.1, 0.15) is 0 Å². The number of ether oxygens (including phenoxy) is 2. The van der Waals surface area contributed by atoms with Gasteiger partial charge in [-0.15, -0.1) is 0 Å². The van der Waals surface area contributed by atoms with Gasteiger partial charge in [-0.2, -0.15) is 0 Å². The van der Waals surface area contributed by atoms with Crippen LogP contribution in [-0.4, -0.2) is 66.0 Å². The Labute approximate surface area is 167 Å². The van der Waals surface area contributed by atoms with Crippen LogP contribution in [0.2, 0.25) is 0 Å². The number of piperazine rings is 1. The van der Waals surface area contributed by atoms with Crippen LogP contribution in [0, 0.1) is 0 Å². The van der Waals surface area contributed by atoms with E-state index in [2.05, 4.69) is 9.88 Å². The van der Waals surface area contributed by atoms with E-state index in [0.717, 1.165) is 16.5 Å². The summed E-state index contributed by atoms with van der Waals surface area (Å²) in [5.41, 5.74) is 2.28. The maximum Gasteiger partial charge on any atom is 0.254 e. The summed E-state index contributed by atoms with van der Waals surface area (Å²) in [4.78, 5) is 32.6. The van der Waals surface area contributed by atoms with E-state index in [1.165, 1.54) is 0 Å². The number of nitrogens with zero attached hydrogens (tertiary/aromatic N) is 2. The van der Waals surface area contributed by atoms with Gasteiger partial charge in [-0.05, 0) is 24.3 Å². The van der Waals surface area contributed by atoms with Crippen LogP contribution >= 0.6 is 0 Å². The molecular weight excluding hydrogens is 370 g/mol. The number of rotatable bonds is 4. The van der Waals surface area contributed by atoms with Crippen molar-refractivity contribution in [2.75, 3.05) is 39.5 Å². The van der Waals surface area contributed by atoms with Gasteiger partial charge in [-0.3, -0.25) is 14.5 Å². The molecule has 2 aromatic carbocycles. The summed E-state index contributed by atoms with van der Waals surface area (Å²) in [6.45, 7) is 3.07. The lowest BCUT2D eigenvalue weighted by Crippen LogP contribution is -2.49. The highest BCUT2D eigenvalue weighted by Gasteiger charge is 2.25. The Morgan fingerprint density at radius 3 is 2.62 bits per heavy atom. The molecule has 0 unspecified atom stereocenters. The Kier molecular flexibility index (Phi) is 4.44. The van der Waals surface area contributed by atoms with Gasteiger partial charge in [-0.1, -0.05) is 18.2 Å². The average Bonchev–Trinajstić information content (AvgIpc) is 3.40. The number of hydrogen-bond donors (Lipinski definition) is 1. The molecule has 7 nitrogen and oxygen atoms in total. The summed E-state index contributed by atoms with van der Waals surface area (Å²) in [6, 6.07) is 13.1. The molecule has 1 N–H and O–H groups in total. The lowest BCUT2D eigenvalue weighted by molar-refractivity contribution is 0.0624. The van der Waals surface area contributed by atoms with Crippen molar-refractivity contribution in [2.45, 2.75) is 0 Å². The first kappa shape index (κ1) is 17.8. The number of fused-ring (bicyclic) bond motifs is 2. The number of amides is 1. The average molecular weight is 391 g/mol. The number of ketones is 1. The Hall–Kier alpha value is -3.32. The van der Waals surface area contributed by atoms with Crippen molar-refractivity contribution in [2.24, 2.45) is 0 Å². The number of carbonyl (C=O) groups excluding carboxylic acids is 2. The van der Waals surface area contributed by atoms with Gasteiger partial charge in [0.25, 0.3) is 5.91 Å². The smallest absolute Gasteiger partial charge is 0.254 e. The molecule has 29 heavy (non-hydrogen) atoms. The van der Waals surface area contributed by atoms with Crippen molar-refractivity contribution in [3.63, 3.8) is 0 Å². The van der Waals surface area contributed by atoms with E-state index in [0.29, 0.717) is 49.8 Å². The molecule has 5 rings (SSSR count). The number of carbonyl (C=O) groups is 2. The van der Waals surface area contributed by atoms with Gasteiger partial charge >= 0.3 is 0 Å². The van der Waals surface area contributed by atoms with Gasteiger partial charge in [-0.25, -0.2) is 0 Å². The fourth-order valence-electron chi connectivity index (χ4n) is 3.91. The highest BCUT2D eigenvalue weighted by Crippen LogP contribution is 2.32. The Balaban J connectivity index is 1.20. The SMILES string of the molecule is O=C(CN1CCN(C(=O)c2ccc3c(c2)OCO3)CC1)c1c[nH]c2ccccc12. The van der Waals surface area contributed by atoms with Crippen molar-refractivity contribution in [1.29, 1.82) is 0 Å². The lowest BCUT2D eigenvalue weighted by Gasteiger charge is -2.34. The molecule has 1 fully saturated rings. The largest absolute Gasteiger partial charge is 0.454 e. The number of aromatic amines is 1. The first-order valence-electron chi connectivity index (χ1n) is 9.69. The van der Waals surface area contributed by atoms with Gasteiger partial charge in [0, 0.05) is 54.4 Å². The van der Waals surface area contributed by atoms with Gasteiger partial charge in [0.05, 0.1) is 6.54 Å². The maximum atomic E-state index is 12.8. The summed E-state index contributed by atoms with van der Waals surface area (Å²) in [5, 5.41) is 0.953. The van der Waals surface area contributed by atoms with Crippen LogP contribution in [0.15, 0.2) is 48.7 Å². The minimum Gasteiger partial charge on any atom is -0.454 e. The predicted octanol–water partition coefficient (Wildman–Crippen LogP) is 2.54. The summed E-state index contributed by atoms with van der Waals surface area (Å²) in [5.74, 6) is 1.35. The van der Waals surface area contributed by atoms with Crippen molar-refractivity contribution < 1.29 is 19.1 Å². The predicted molar refractivity (Wildman–Crippen MR) is 108 cm³/mol. The third kappa shape index (κ3) is 3.34. The van der Waals surface area contributed by atoms with Crippen LogP contribution in [0.1, 0.15) is 20.7 Å². The summed E-state index contributed by atoms with van der Waals surface area (Å²) in [6.07, 6.45) is 1.78. The molecule has 0 bridgehead atoms. The number of Topliss-reactive ketones (excluding diaryl/α,β-unsaturated/α-hetero) is 1. The van der Waals surface area contributed by atoms with Crippen LogP contribution < -0.4 is 9.47 Å². The maximum absolute atomic E-state index is 12.8. The summed E-state index contributed by atoms with van der Waals surface area (Å²) >= 11 is 0. The number of para-hydroxylation sites is 1. The zero-order chi connectivity index (χ0) is 19.8. The van der Waals surface area contributed by atoms with E-state index >= 15 is 0 Å². The van der Waals surface area contributed by atoms with Gasteiger partial charge in [0.2, 0.25) is 6.79 Å². The van der Waals surface area contributed by atoms with Crippen molar-refractivity contribution in [3.05, 3.63) is 59.8 Å². The lowest BCUT2D eigenvalue weighted by atomic mass is 10.1. The molecule has 148 valence electrons. The Morgan fingerprint density at radius 2 is 1.76 bits per heavy atom. The second-order valence-corrected chi connectivity index (χ2v) is 7.31. The Bertz CT molecular complexity index is 1080. The van der Waals surface area contributed by atoms with E-state index in [4.69, 9.17) is 9.47 Å². The highest BCUT2D eigenvalue weighted by atomic mass is 16.7. The summed E-state index contributed by atoms with van der Waals surface area (Å²) < 4.78 is 10.7. The minimum atomic E-state index is -0.0223. The van der Waals surface area contributed by atoms with Gasteiger partial charge < -0.3 is 19.4 Å². The molecule has 0 atom stereocenters. The molecule has 7 heteroatoms. The van der Waals surface area contributed by atoms with E-state index in [-0.39, 0.29) is 18.5 Å². The highest BCUT2D eigenvalue weighted by molar-refractivity contribution is 6.08. The van der Waals surface area contributed by atoms with Crippen LogP contribution in [0.5, 0.6) is 11.5 Å². The van der Waals surface area contributed by atoms with Crippen molar-refractivity contribution >= 4 is 22.6 Å². The number of benzene rings is 2. The fraction of sp³-hybridized carbons (Fsp3) is 0.273. The fourth-order valence-corrected chi connectivity index (χ4v) is 3.91. The van der Waals surface area contributed by atoms with E-state index < -0.39 is 0 Å². The number of aromatic nitrogens is 1. The molecule has 1 amide bonds. The van der Waals surface area contributed by atoms with E-state index in [9.17, 15) is 9.59 Å². The van der Waals surface area contributed by atoms with Crippen LogP contribution in [0.3, 0.4) is 0 Å². The van der Waals surface area contributed by atoms with Crippen LogP contribution in [-0.2, 0) is 0 Å². The standard InChI is InChI=1S/C22H21N3O4/c26-19(17-12-23-18-4-2-1-3-16(17)18)13-24-7-9-25(10-8-24)22(27)15-5-6-20-21(11-15)29-14-28-20/h1-6,11-12,23H,7-10,13-14H2. The number of nitrogens with one attached hydrogen (secondary N) is 1. The first-order valence-corrected chi connectivity index (χ1v) is 9.69. The normalized spacial score (nSPS) is 16.3. The zero-order valence-corrected chi connectivity index (χ0v) is 15.9. The van der Waals surface area contributed by atoms with Gasteiger partial charge in [0.15, 0.2) is 17.3 Å². The molecule has 0 aliphatic carbocycles. The van der Waals surface area contributed by atoms with Crippen LogP contribution in [0.4, 0.5) is 0 Å². The molecule has 2 aliphatic rings. The molecule has 0 radical (unpaired) electrons. The van der Waals surface area contributed by atoms with Crippen LogP contribution in [0.25, 0.3) is 10.9 Å². The topological polar surface area (TPSA) is 74.9 Å². The Morgan fingerprint density at radius 1 is 0.966 bits per heavy atom. The molecule has 1 aromatic heterocycles. The second-order valence-electron chi connectivity index (χ2n) is 7.31. The van der Waals surface area contributed by atoms with E-state index in [1.807, 2.05) is 29.2 Å². The van der Waals surface area contributed by atoms with Crippen molar-refractivity contribution in [3.8, 4) is 11.5 Å².